The first kappa shape index (κ1) is 13.5. The third kappa shape index (κ3) is 3.52. The minimum atomic E-state index is -3.41. The van der Waals surface area contributed by atoms with Crippen LogP contribution in [-0.2, 0) is 10.0 Å². The Hall–Kier alpha value is -0.960. The van der Waals surface area contributed by atoms with Crippen LogP contribution in [0.15, 0.2) is 17.3 Å². The third-order valence-corrected chi connectivity index (χ3v) is 4.53. The van der Waals surface area contributed by atoms with Gasteiger partial charge in [0.05, 0.1) is 6.20 Å². The van der Waals surface area contributed by atoms with E-state index in [2.05, 4.69) is 31.8 Å². The smallest absolute Gasteiger partial charge is 0.243 e. The highest BCUT2D eigenvalue weighted by Gasteiger charge is 2.17. The fourth-order valence-corrected chi connectivity index (χ4v) is 2.80. The maximum atomic E-state index is 11.8. The molecule has 0 spiro atoms. The van der Waals surface area contributed by atoms with E-state index in [9.17, 15) is 8.42 Å². The molecule has 1 aromatic rings. The van der Waals surface area contributed by atoms with E-state index < -0.39 is 10.0 Å². The summed E-state index contributed by atoms with van der Waals surface area (Å²) in [6.45, 7) is 5.22. The number of nitrogens with zero attached hydrogens (tertiary/aromatic N) is 3. The molecule has 0 aromatic carbocycles. The lowest BCUT2D eigenvalue weighted by atomic mass is 10.3. The monoisotopic (exact) mass is 273 g/mol. The van der Waals surface area contributed by atoms with Crippen molar-refractivity contribution in [2.24, 2.45) is 0 Å². The van der Waals surface area contributed by atoms with E-state index in [0.717, 1.165) is 32.7 Å². The Kier molecular flexibility index (Phi) is 4.33. The van der Waals surface area contributed by atoms with Gasteiger partial charge in [-0.15, -0.1) is 0 Å². The number of hydrogen-bond donors (Lipinski definition) is 2. The predicted octanol–water partition coefficient (Wildman–Crippen LogP) is -1.06. The van der Waals surface area contributed by atoms with Gasteiger partial charge in [0.1, 0.15) is 4.90 Å². The number of rotatable bonds is 5. The quantitative estimate of drug-likeness (QED) is 0.714. The predicted molar refractivity (Wildman–Crippen MR) is 67.7 cm³/mol. The second-order valence-corrected chi connectivity index (χ2v) is 6.24. The fraction of sp³-hybridized carbons (Fsp3) is 0.700. The lowest BCUT2D eigenvalue weighted by Gasteiger charge is -2.32. The number of nitrogens with one attached hydrogen (secondary N) is 2. The molecule has 1 aliphatic heterocycles. The molecule has 0 atom stereocenters. The topological polar surface area (TPSA) is 81.3 Å². The van der Waals surface area contributed by atoms with Crippen LogP contribution in [0.5, 0.6) is 0 Å². The van der Waals surface area contributed by atoms with Crippen LogP contribution in [0.2, 0.25) is 0 Å². The largest absolute Gasteiger partial charge is 0.304 e. The van der Waals surface area contributed by atoms with Crippen LogP contribution < -0.4 is 4.72 Å². The van der Waals surface area contributed by atoms with Crippen molar-refractivity contribution in [1.82, 2.24) is 24.7 Å². The molecule has 2 heterocycles. The molecule has 0 bridgehead atoms. The molecule has 0 amide bonds. The molecule has 102 valence electrons. The van der Waals surface area contributed by atoms with Gasteiger partial charge in [-0.2, -0.15) is 5.10 Å². The molecule has 1 aromatic heterocycles. The highest BCUT2D eigenvalue weighted by Crippen LogP contribution is 2.04. The van der Waals surface area contributed by atoms with Gasteiger partial charge in [-0.1, -0.05) is 0 Å². The van der Waals surface area contributed by atoms with Crippen molar-refractivity contribution < 1.29 is 8.42 Å². The summed E-state index contributed by atoms with van der Waals surface area (Å²) in [6, 6.07) is 0. The lowest BCUT2D eigenvalue weighted by molar-refractivity contribution is 0.156. The zero-order valence-corrected chi connectivity index (χ0v) is 11.3. The summed E-state index contributed by atoms with van der Waals surface area (Å²) >= 11 is 0. The van der Waals surface area contributed by atoms with Crippen molar-refractivity contribution in [2.45, 2.75) is 4.90 Å². The highest BCUT2D eigenvalue weighted by molar-refractivity contribution is 7.89. The number of sulfonamides is 1. The number of piperazine rings is 1. The fourth-order valence-electron chi connectivity index (χ4n) is 1.88. The van der Waals surface area contributed by atoms with Crippen molar-refractivity contribution in [3.05, 3.63) is 12.4 Å². The van der Waals surface area contributed by atoms with E-state index in [1.807, 2.05) is 0 Å². The number of aromatic amines is 1. The molecular weight excluding hydrogens is 254 g/mol. The molecule has 18 heavy (non-hydrogen) atoms. The first-order valence-corrected chi connectivity index (χ1v) is 7.45. The first-order chi connectivity index (χ1) is 8.58. The van der Waals surface area contributed by atoms with Crippen molar-refractivity contribution in [2.75, 3.05) is 46.3 Å². The van der Waals surface area contributed by atoms with Gasteiger partial charge in [-0.25, -0.2) is 13.1 Å². The molecular formula is C10H19N5O2S. The van der Waals surface area contributed by atoms with Gasteiger partial charge in [0, 0.05) is 45.5 Å². The van der Waals surface area contributed by atoms with E-state index in [1.54, 1.807) is 0 Å². The first-order valence-electron chi connectivity index (χ1n) is 5.97. The maximum Gasteiger partial charge on any atom is 0.243 e. The second kappa shape index (κ2) is 5.79. The summed E-state index contributed by atoms with van der Waals surface area (Å²) in [4.78, 5) is 4.71. The molecule has 2 N–H and O–H groups in total. The summed E-state index contributed by atoms with van der Waals surface area (Å²) < 4.78 is 26.2. The van der Waals surface area contributed by atoms with Gasteiger partial charge in [0.25, 0.3) is 0 Å². The van der Waals surface area contributed by atoms with Crippen LogP contribution in [0.3, 0.4) is 0 Å². The number of aromatic nitrogens is 2. The molecule has 1 aliphatic rings. The summed E-state index contributed by atoms with van der Waals surface area (Å²) in [5, 5.41) is 6.13. The van der Waals surface area contributed by atoms with Gasteiger partial charge in [0.15, 0.2) is 0 Å². The molecule has 7 nitrogen and oxygen atoms in total. The molecule has 0 aliphatic carbocycles. The van der Waals surface area contributed by atoms with Crippen LogP contribution >= 0.6 is 0 Å². The Morgan fingerprint density at radius 2 is 2.11 bits per heavy atom. The number of hydrogen-bond acceptors (Lipinski definition) is 5. The van der Waals surface area contributed by atoms with Crippen LogP contribution in [0.4, 0.5) is 0 Å². The van der Waals surface area contributed by atoms with Crippen LogP contribution in [0.25, 0.3) is 0 Å². The lowest BCUT2D eigenvalue weighted by Crippen LogP contribution is -2.46. The zero-order valence-electron chi connectivity index (χ0n) is 10.5. The Labute approximate surface area is 107 Å². The normalized spacial score (nSPS) is 19.2. The number of likely N-dealkylation sites (N-methyl/N-ethyl adjacent to an activating group) is 1. The van der Waals surface area contributed by atoms with Crippen molar-refractivity contribution in [1.29, 1.82) is 0 Å². The Morgan fingerprint density at radius 1 is 1.39 bits per heavy atom. The Morgan fingerprint density at radius 3 is 2.72 bits per heavy atom. The SMILES string of the molecule is CN1CCN(CCNS(=O)(=O)c2cn[nH]c2)CC1. The highest BCUT2D eigenvalue weighted by atomic mass is 32.2. The molecule has 0 unspecified atom stereocenters. The zero-order chi connectivity index (χ0) is 13.0. The molecule has 0 saturated carbocycles. The van der Waals surface area contributed by atoms with Crippen LogP contribution in [0, 0.1) is 0 Å². The second-order valence-electron chi connectivity index (χ2n) is 4.48. The molecule has 8 heteroatoms. The molecule has 1 saturated heterocycles. The Bertz CT molecular complexity index is 451. The molecule has 2 rings (SSSR count). The van der Waals surface area contributed by atoms with Gasteiger partial charge in [0.2, 0.25) is 10.0 Å². The van der Waals surface area contributed by atoms with Gasteiger partial charge in [-0.3, -0.25) is 10.00 Å². The maximum absolute atomic E-state index is 11.8. The van der Waals surface area contributed by atoms with Gasteiger partial charge < -0.3 is 4.90 Å². The summed E-state index contributed by atoms with van der Waals surface area (Å²) in [6.07, 6.45) is 2.68. The third-order valence-electron chi connectivity index (χ3n) is 3.10. The summed E-state index contributed by atoms with van der Waals surface area (Å²) in [5.41, 5.74) is 0. The van der Waals surface area contributed by atoms with E-state index >= 15 is 0 Å². The van der Waals surface area contributed by atoms with E-state index in [0.29, 0.717) is 6.54 Å². The minimum absolute atomic E-state index is 0.181. The van der Waals surface area contributed by atoms with Crippen LogP contribution in [-0.4, -0.2) is 74.7 Å². The van der Waals surface area contributed by atoms with Crippen LogP contribution in [0.1, 0.15) is 0 Å². The standard InChI is InChI=1S/C10H19N5O2S/c1-14-4-6-15(7-5-14)3-2-13-18(16,17)10-8-11-12-9-10/h8-9,13H,2-7H2,1H3,(H,11,12). The minimum Gasteiger partial charge on any atom is -0.304 e. The van der Waals surface area contributed by atoms with Crippen molar-refractivity contribution >= 4 is 10.0 Å². The van der Waals surface area contributed by atoms with E-state index in [1.165, 1.54) is 12.4 Å². The molecule has 1 fully saturated rings. The van der Waals surface area contributed by atoms with Crippen molar-refractivity contribution in [3.8, 4) is 0 Å². The van der Waals surface area contributed by atoms with Gasteiger partial charge >= 0.3 is 0 Å². The molecule has 0 radical (unpaired) electrons. The average molecular weight is 273 g/mol. The van der Waals surface area contributed by atoms with Crippen molar-refractivity contribution in [3.63, 3.8) is 0 Å². The van der Waals surface area contributed by atoms with E-state index in [-0.39, 0.29) is 4.90 Å². The number of H-pyrrole nitrogens is 1. The van der Waals surface area contributed by atoms with E-state index in [4.69, 9.17) is 0 Å². The Balaban J connectivity index is 1.75. The summed E-state index contributed by atoms with van der Waals surface area (Å²) in [7, 11) is -1.31. The van der Waals surface area contributed by atoms with Gasteiger partial charge in [-0.05, 0) is 7.05 Å². The summed E-state index contributed by atoms with van der Waals surface area (Å²) in [5.74, 6) is 0. The average Bonchev–Trinajstić information content (AvgIpc) is 2.86.